The summed E-state index contributed by atoms with van der Waals surface area (Å²) in [5.74, 6) is 1.31. The molecule has 3 fully saturated rings. The number of piperazine rings is 1. The van der Waals surface area contributed by atoms with Crippen molar-refractivity contribution in [3.05, 3.63) is 0 Å². The highest BCUT2D eigenvalue weighted by atomic mass is 16.2. The highest BCUT2D eigenvalue weighted by Crippen LogP contribution is 2.38. The number of amides is 2. The van der Waals surface area contributed by atoms with E-state index in [1.165, 1.54) is 25.7 Å². The van der Waals surface area contributed by atoms with Crippen LogP contribution in [0.5, 0.6) is 0 Å². The molecule has 0 radical (unpaired) electrons. The number of rotatable bonds is 5. The molecule has 0 spiro atoms. The van der Waals surface area contributed by atoms with E-state index >= 15 is 0 Å². The first-order valence-electron chi connectivity index (χ1n) is 8.31. The molecule has 1 heterocycles. The van der Waals surface area contributed by atoms with Gasteiger partial charge < -0.3 is 10.2 Å². The Balaban J connectivity index is 1.74. The van der Waals surface area contributed by atoms with Crippen LogP contribution in [0.1, 0.15) is 58.3 Å². The van der Waals surface area contributed by atoms with Crippen molar-refractivity contribution >= 4 is 11.8 Å². The molecule has 0 bridgehead atoms. The Morgan fingerprint density at radius 3 is 2.45 bits per heavy atom. The standard InChI is InChI=1S/C16H26N2O2/c1-2-5-13-16(20)18(10-11-6-3-4-7-11)14(12-8-9-12)15(19)17-13/h11-14H,2-10H2,1H3,(H,17,19). The lowest BCUT2D eigenvalue weighted by molar-refractivity contribution is -0.151. The number of nitrogens with zero attached hydrogens (tertiary/aromatic N) is 1. The first-order valence-corrected chi connectivity index (χ1v) is 8.31. The monoisotopic (exact) mass is 278 g/mol. The SMILES string of the molecule is CCCC1NC(=O)C(C2CC2)N(CC2CCCC2)C1=O. The van der Waals surface area contributed by atoms with Gasteiger partial charge in [-0.25, -0.2) is 0 Å². The number of hydrogen-bond acceptors (Lipinski definition) is 2. The number of carbonyl (C=O) groups is 2. The second kappa shape index (κ2) is 5.74. The van der Waals surface area contributed by atoms with Crippen molar-refractivity contribution in [3.8, 4) is 0 Å². The van der Waals surface area contributed by atoms with Crippen molar-refractivity contribution in [2.24, 2.45) is 11.8 Å². The van der Waals surface area contributed by atoms with Gasteiger partial charge in [0.2, 0.25) is 11.8 Å². The largest absolute Gasteiger partial charge is 0.342 e. The van der Waals surface area contributed by atoms with E-state index in [1.807, 2.05) is 4.90 Å². The third-order valence-electron chi connectivity index (χ3n) is 5.08. The van der Waals surface area contributed by atoms with Gasteiger partial charge in [-0.3, -0.25) is 9.59 Å². The molecule has 0 aromatic rings. The van der Waals surface area contributed by atoms with Crippen LogP contribution in [-0.4, -0.2) is 35.3 Å². The average Bonchev–Trinajstić information content (AvgIpc) is 3.12. The van der Waals surface area contributed by atoms with E-state index in [9.17, 15) is 9.59 Å². The van der Waals surface area contributed by atoms with Gasteiger partial charge in [0, 0.05) is 6.54 Å². The Morgan fingerprint density at radius 2 is 1.85 bits per heavy atom. The molecule has 2 aliphatic carbocycles. The van der Waals surface area contributed by atoms with Crippen molar-refractivity contribution in [3.63, 3.8) is 0 Å². The number of carbonyl (C=O) groups excluding carboxylic acids is 2. The van der Waals surface area contributed by atoms with Crippen LogP contribution >= 0.6 is 0 Å². The summed E-state index contributed by atoms with van der Waals surface area (Å²) in [7, 11) is 0. The third-order valence-corrected chi connectivity index (χ3v) is 5.08. The Kier molecular flexibility index (Phi) is 3.99. The molecule has 4 heteroatoms. The van der Waals surface area contributed by atoms with Gasteiger partial charge in [0.05, 0.1) is 0 Å². The van der Waals surface area contributed by atoms with Crippen LogP contribution in [0.3, 0.4) is 0 Å². The molecule has 0 aromatic heterocycles. The zero-order valence-electron chi connectivity index (χ0n) is 12.4. The Labute approximate surface area is 121 Å². The molecule has 1 N–H and O–H groups in total. The van der Waals surface area contributed by atoms with Crippen molar-refractivity contribution in [1.82, 2.24) is 10.2 Å². The predicted octanol–water partition coefficient (Wildman–Crippen LogP) is 2.08. The first kappa shape index (κ1) is 13.9. The van der Waals surface area contributed by atoms with Gasteiger partial charge in [0.15, 0.2) is 0 Å². The maximum atomic E-state index is 12.7. The van der Waals surface area contributed by atoms with Crippen LogP contribution in [0.2, 0.25) is 0 Å². The van der Waals surface area contributed by atoms with E-state index in [-0.39, 0.29) is 23.9 Å². The fourth-order valence-corrected chi connectivity index (χ4v) is 3.84. The van der Waals surface area contributed by atoms with E-state index < -0.39 is 0 Å². The van der Waals surface area contributed by atoms with Crippen LogP contribution in [-0.2, 0) is 9.59 Å². The van der Waals surface area contributed by atoms with E-state index in [0.717, 1.165) is 32.2 Å². The maximum Gasteiger partial charge on any atom is 0.245 e. The molecule has 2 atom stereocenters. The summed E-state index contributed by atoms with van der Waals surface area (Å²) in [6, 6.07) is -0.444. The molecular formula is C16H26N2O2. The lowest BCUT2D eigenvalue weighted by Gasteiger charge is -2.40. The molecule has 112 valence electrons. The van der Waals surface area contributed by atoms with Crippen LogP contribution in [0, 0.1) is 11.8 Å². The second-order valence-electron chi connectivity index (χ2n) is 6.77. The highest BCUT2D eigenvalue weighted by Gasteiger charge is 2.47. The van der Waals surface area contributed by atoms with Crippen molar-refractivity contribution in [2.45, 2.75) is 70.4 Å². The van der Waals surface area contributed by atoms with Crippen molar-refractivity contribution in [1.29, 1.82) is 0 Å². The molecular weight excluding hydrogens is 252 g/mol. The second-order valence-corrected chi connectivity index (χ2v) is 6.77. The van der Waals surface area contributed by atoms with E-state index in [0.29, 0.717) is 11.8 Å². The van der Waals surface area contributed by atoms with Gasteiger partial charge in [0.25, 0.3) is 0 Å². The predicted molar refractivity (Wildman–Crippen MR) is 77.0 cm³/mol. The molecule has 0 aromatic carbocycles. The lowest BCUT2D eigenvalue weighted by atomic mass is 9.97. The van der Waals surface area contributed by atoms with Gasteiger partial charge in [-0.1, -0.05) is 26.2 Å². The lowest BCUT2D eigenvalue weighted by Crippen LogP contribution is -2.64. The fourth-order valence-electron chi connectivity index (χ4n) is 3.84. The minimum absolute atomic E-state index is 0.101. The number of nitrogens with one attached hydrogen (secondary N) is 1. The summed E-state index contributed by atoms with van der Waals surface area (Å²) in [5.41, 5.74) is 0. The smallest absolute Gasteiger partial charge is 0.245 e. The quantitative estimate of drug-likeness (QED) is 0.837. The third kappa shape index (κ3) is 2.70. The zero-order chi connectivity index (χ0) is 14.1. The molecule has 2 amide bonds. The minimum Gasteiger partial charge on any atom is -0.342 e. The van der Waals surface area contributed by atoms with Gasteiger partial charge in [0.1, 0.15) is 12.1 Å². The van der Waals surface area contributed by atoms with Crippen LogP contribution in [0.25, 0.3) is 0 Å². The fraction of sp³-hybridized carbons (Fsp3) is 0.875. The molecule has 1 aliphatic heterocycles. The van der Waals surface area contributed by atoms with Crippen LogP contribution < -0.4 is 5.32 Å². The molecule has 2 unspecified atom stereocenters. The van der Waals surface area contributed by atoms with Crippen LogP contribution in [0.4, 0.5) is 0 Å². The van der Waals surface area contributed by atoms with Crippen molar-refractivity contribution < 1.29 is 9.59 Å². The highest BCUT2D eigenvalue weighted by molar-refractivity contribution is 5.97. The Hall–Kier alpha value is -1.06. The molecule has 1 saturated heterocycles. The van der Waals surface area contributed by atoms with Gasteiger partial charge in [-0.2, -0.15) is 0 Å². The van der Waals surface area contributed by atoms with E-state index in [1.54, 1.807) is 0 Å². The topological polar surface area (TPSA) is 49.4 Å². The summed E-state index contributed by atoms with van der Waals surface area (Å²) in [5, 5.41) is 2.96. The molecule has 20 heavy (non-hydrogen) atoms. The van der Waals surface area contributed by atoms with E-state index in [2.05, 4.69) is 12.2 Å². The van der Waals surface area contributed by atoms with Crippen LogP contribution in [0.15, 0.2) is 0 Å². The summed E-state index contributed by atoms with van der Waals surface area (Å²) >= 11 is 0. The minimum atomic E-state index is -0.274. The number of hydrogen-bond donors (Lipinski definition) is 1. The summed E-state index contributed by atoms with van der Waals surface area (Å²) < 4.78 is 0. The Morgan fingerprint density at radius 1 is 1.15 bits per heavy atom. The van der Waals surface area contributed by atoms with Gasteiger partial charge in [-0.15, -0.1) is 0 Å². The molecule has 3 rings (SSSR count). The maximum absolute atomic E-state index is 12.7. The molecule has 2 saturated carbocycles. The van der Waals surface area contributed by atoms with Gasteiger partial charge in [-0.05, 0) is 43.9 Å². The summed E-state index contributed by atoms with van der Waals surface area (Å²) in [4.78, 5) is 27.0. The van der Waals surface area contributed by atoms with Crippen molar-refractivity contribution in [2.75, 3.05) is 6.54 Å². The summed E-state index contributed by atoms with van der Waals surface area (Å²) in [6.07, 6.45) is 8.92. The van der Waals surface area contributed by atoms with E-state index in [4.69, 9.17) is 0 Å². The first-order chi connectivity index (χ1) is 9.70. The van der Waals surface area contributed by atoms with Gasteiger partial charge >= 0.3 is 0 Å². The summed E-state index contributed by atoms with van der Waals surface area (Å²) in [6.45, 7) is 2.88. The average molecular weight is 278 g/mol. The molecule has 3 aliphatic rings. The normalized spacial score (nSPS) is 31.8. The zero-order valence-corrected chi connectivity index (χ0v) is 12.4. The Bertz CT molecular complexity index is 386. The molecule has 4 nitrogen and oxygen atoms in total.